The van der Waals surface area contributed by atoms with Crippen molar-refractivity contribution in [2.24, 2.45) is 0 Å². The zero-order valence-electron chi connectivity index (χ0n) is 8.40. The second kappa shape index (κ2) is 3.98. The Balaban J connectivity index is 1.80. The number of phenolic OH excluding ortho intramolecular Hbond substituents is 1. The van der Waals surface area contributed by atoms with Crippen molar-refractivity contribution in [2.45, 2.75) is 12.6 Å². The first kappa shape index (κ1) is 9.49. The average Bonchev–Trinajstić information content (AvgIpc) is 2.11. The first-order valence-electron chi connectivity index (χ1n) is 4.94. The minimum atomic E-state index is 0.343. The van der Waals surface area contributed by atoms with Crippen LogP contribution in [0.25, 0.3) is 0 Å². The second-order valence-corrected chi connectivity index (χ2v) is 3.97. The number of nitrogens with one attached hydrogen (secondary N) is 1. The van der Waals surface area contributed by atoms with Crippen LogP contribution in [0.5, 0.6) is 5.75 Å². The molecule has 3 nitrogen and oxygen atoms in total. The molecule has 3 heteroatoms. The molecule has 2 rings (SSSR count). The van der Waals surface area contributed by atoms with Gasteiger partial charge in [-0.15, -0.1) is 0 Å². The smallest absolute Gasteiger partial charge is 0.115 e. The van der Waals surface area contributed by atoms with E-state index in [9.17, 15) is 5.11 Å². The number of aromatic hydroxyl groups is 1. The Morgan fingerprint density at radius 1 is 1.50 bits per heavy atom. The molecule has 1 aromatic carbocycles. The summed E-state index contributed by atoms with van der Waals surface area (Å²) >= 11 is 0. The Bertz CT molecular complexity index is 308. The molecule has 0 unspecified atom stereocenters. The van der Waals surface area contributed by atoms with Gasteiger partial charge in [-0.2, -0.15) is 0 Å². The van der Waals surface area contributed by atoms with E-state index < -0.39 is 0 Å². The zero-order valence-corrected chi connectivity index (χ0v) is 8.40. The summed E-state index contributed by atoms with van der Waals surface area (Å²) < 4.78 is 0. The van der Waals surface area contributed by atoms with Crippen molar-refractivity contribution < 1.29 is 5.11 Å². The van der Waals surface area contributed by atoms with Gasteiger partial charge in [0.2, 0.25) is 0 Å². The SMILES string of the molecule is CN1CC(NCc2cccc(O)c2)C1. The van der Waals surface area contributed by atoms with Gasteiger partial charge in [-0.3, -0.25) is 0 Å². The summed E-state index contributed by atoms with van der Waals surface area (Å²) in [6.45, 7) is 3.09. The van der Waals surface area contributed by atoms with Crippen LogP contribution in [0.1, 0.15) is 5.56 Å². The van der Waals surface area contributed by atoms with Crippen LogP contribution >= 0.6 is 0 Å². The van der Waals surface area contributed by atoms with Crippen LogP contribution in [0.4, 0.5) is 0 Å². The maximum absolute atomic E-state index is 9.26. The van der Waals surface area contributed by atoms with Gasteiger partial charge in [-0.25, -0.2) is 0 Å². The maximum Gasteiger partial charge on any atom is 0.115 e. The Morgan fingerprint density at radius 3 is 2.93 bits per heavy atom. The number of likely N-dealkylation sites (N-methyl/N-ethyl adjacent to an activating group) is 1. The van der Waals surface area contributed by atoms with Crippen molar-refractivity contribution >= 4 is 0 Å². The van der Waals surface area contributed by atoms with Crippen LogP contribution in [0.2, 0.25) is 0 Å². The molecule has 1 heterocycles. The van der Waals surface area contributed by atoms with Crippen LogP contribution in [0.3, 0.4) is 0 Å². The van der Waals surface area contributed by atoms with Crippen molar-refractivity contribution in [3.8, 4) is 5.75 Å². The fraction of sp³-hybridized carbons (Fsp3) is 0.455. The first-order chi connectivity index (χ1) is 6.74. The number of hydrogen-bond donors (Lipinski definition) is 2. The van der Waals surface area contributed by atoms with E-state index in [1.165, 1.54) is 0 Å². The van der Waals surface area contributed by atoms with E-state index in [1.54, 1.807) is 12.1 Å². The highest BCUT2D eigenvalue weighted by Crippen LogP contribution is 2.11. The number of nitrogens with zero attached hydrogens (tertiary/aromatic N) is 1. The van der Waals surface area contributed by atoms with Gasteiger partial charge in [0.25, 0.3) is 0 Å². The molecule has 1 saturated heterocycles. The third-order valence-electron chi connectivity index (χ3n) is 2.57. The average molecular weight is 192 g/mol. The van der Waals surface area contributed by atoms with Crippen molar-refractivity contribution in [2.75, 3.05) is 20.1 Å². The molecule has 0 bridgehead atoms. The van der Waals surface area contributed by atoms with Crippen molar-refractivity contribution in [1.29, 1.82) is 0 Å². The fourth-order valence-electron chi connectivity index (χ4n) is 1.76. The lowest BCUT2D eigenvalue weighted by molar-refractivity contribution is 0.161. The van der Waals surface area contributed by atoms with Gasteiger partial charge in [-0.1, -0.05) is 12.1 Å². The number of phenols is 1. The summed E-state index contributed by atoms with van der Waals surface area (Å²) in [6.07, 6.45) is 0. The first-order valence-corrected chi connectivity index (χ1v) is 4.94. The van der Waals surface area contributed by atoms with Crippen LogP contribution in [0, 0.1) is 0 Å². The highest BCUT2D eigenvalue weighted by Gasteiger charge is 2.21. The summed E-state index contributed by atoms with van der Waals surface area (Å²) in [4.78, 5) is 2.28. The molecule has 1 aromatic rings. The fourth-order valence-corrected chi connectivity index (χ4v) is 1.76. The number of rotatable bonds is 3. The topological polar surface area (TPSA) is 35.5 Å². The maximum atomic E-state index is 9.26. The van der Waals surface area contributed by atoms with Gasteiger partial charge < -0.3 is 15.3 Å². The molecule has 0 aromatic heterocycles. The molecule has 1 aliphatic heterocycles. The van der Waals surface area contributed by atoms with Gasteiger partial charge in [0.05, 0.1) is 0 Å². The van der Waals surface area contributed by atoms with Gasteiger partial charge in [0.1, 0.15) is 5.75 Å². The molecule has 0 radical (unpaired) electrons. The lowest BCUT2D eigenvalue weighted by Crippen LogP contribution is -2.55. The van der Waals surface area contributed by atoms with Crippen molar-refractivity contribution in [3.05, 3.63) is 29.8 Å². The molecule has 76 valence electrons. The normalized spacial score (nSPS) is 18.1. The van der Waals surface area contributed by atoms with E-state index >= 15 is 0 Å². The summed E-state index contributed by atoms with van der Waals surface area (Å²) in [5.41, 5.74) is 1.14. The van der Waals surface area contributed by atoms with E-state index in [1.807, 2.05) is 12.1 Å². The van der Waals surface area contributed by atoms with E-state index in [0.717, 1.165) is 25.2 Å². The lowest BCUT2D eigenvalue weighted by Gasteiger charge is -2.36. The van der Waals surface area contributed by atoms with Crippen LogP contribution in [0.15, 0.2) is 24.3 Å². The predicted molar refractivity (Wildman–Crippen MR) is 56.2 cm³/mol. The molecule has 0 atom stereocenters. The zero-order chi connectivity index (χ0) is 9.97. The Kier molecular flexibility index (Phi) is 2.70. The minimum absolute atomic E-state index is 0.343. The molecular formula is C11H16N2O. The number of hydrogen-bond acceptors (Lipinski definition) is 3. The number of benzene rings is 1. The van der Waals surface area contributed by atoms with Gasteiger partial charge in [0, 0.05) is 25.7 Å². The number of likely N-dealkylation sites (tertiary alicyclic amines) is 1. The van der Waals surface area contributed by atoms with E-state index in [0.29, 0.717) is 11.8 Å². The van der Waals surface area contributed by atoms with Gasteiger partial charge in [-0.05, 0) is 24.7 Å². The summed E-state index contributed by atoms with van der Waals surface area (Å²) in [5.74, 6) is 0.343. The summed E-state index contributed by atoms with van der Waals surface area (Å²) in [7, 11) is 2.12. The van der Waals surface area contributed by atoms with Gasteiger partial charge >= 0.3 is 0 Å². The van der Waals surface area contributed by atoms with Crippen molar-refractivity contribution in [1.82, 2.24) is 10.2 Å². The minimum Gasteiger partial charge on any atom is -0.508 e. The Labute approximate surface area is 84.4 Å². The molecule has 2 N–H and O–H groups in total. The molecule has 0 saturated carbocycles. The van der Waals surface area contributed by atoms with Crippen molar-refractivity contribution in [3.63, 3.8) is 0 Å². The van der Waals surface area contributed by atoms with E-state index in [4.69, 9.17) is 0 Å². The van der Waals surface area contributed by atoms with Crippen LogP contribution in [-0.4, -0.2) is 36.2 Å². The molecule has 1 aliphatic rings. The van der Waals surface area contributed by atoms with Crippen LogP contribution < -0.4 is 5.32 Å². The molecule has 0 amide bonds. The summed E-state index contributed by atoms with van der Waals surface area (Å²) in [5, 5.41) is 12.7. The van der Waals surface area contributed by atoms with Gasteiger partial charge in [0.15, 0.2) is 0 Å². The third kappa shape index (κ3) is 2.25. The lowest BCUT2D eigenvalue weighted by atomic mass is 10.1. The Morgan fingerprint density at radius 2 is 2.29 bits per heavy atom. The highest BCUT2D eigenvalue weighted by atomic mass is 16.3. The standard InChI is InChI=1S/C11H16N2O/c1-13-7-10(8-13)12-6-9-3-2-4-11(14)5-9/h2-5,10,12,14H,6-8H2,1H3. The largest absolute Gasteiger partial charge is 0.508 e. The van der Waals surface area contributed by atoms with E-state index in [2.05, 4.69) is 17.3 Å². The molecular weight excluding hydrogens is 176 g/mol. The summed E-state index contributed by atoms with van der Waals surface area (Å²) in [6, 6.07) is 8.01. The molecule has 0 aliphatic carbocycles. The Hall–Kier alpha value is -1.06. The monoisotopic (exact) mass is 192 g/mol. The highest BCUT2D eigenvalue weighted by molar-refractivity contribution is 5.27. The molecule has 0 spiro atoms. The van der Waals surface area contributed by atoms with E-state index in [-0.39, 0.29) is 0 Å². The quantitative estimate of drug-likeness (QED) is 0.743. The second-order valence-electron chi connectivity index (χ2n) is 3.97. The predicted octanol–water partition coefficient (Wildman–Crippen LogP) is 0.796. The molecule has 14 heavy (non-hydrogen) atoms. The van der Waals surface area contributed by atoms with Crippen LogP contribution in [-0.2, 0) is 6.54 Å². The molecule has 1 fully saturated rings. The third-order valence-corrected chi connectivity index (χ3v) is 2.57.